The third kappa shape index (κ3) is 2.22. The number of hydrogen-bond acceptors (Lipinski definition) is 4. The van der Waals surface area contributed by atoms with Crippen molar-refractivity contribution in [2.24, 2.45) is 5.41 Å². The number of hydrogen-bond donors (Lipinski definition) is 0. The van der Waals surface area contributed by atoms with Gasteiger partial charge >= 0.3 is 11.9 Å². The van der Waals surface area contributed by atoms with Crippen molar-refractivity contribution in [2.45, 2.75) is 19.3 Å². The Labute approximate surface area is 119 Å². The summed E-state index contributed by atoms with van der Waals surface area (Å²) in [4.78, 5) is 24.5. The first kappa shape index (κ1) is 16.0. The molecular weight excluding hydrogens is 256 g/mol. The van der Waals surface area contributed by atoms with E-state index < -0.39 is 22.8 Å². The second kappa shape index (κ2) is 5.90. The normalized spacial score (nSPS) is 14.0. The first-order chi connectivity index (χ1) is 9.38. The summed E-state index contributed by atoms with van der Waals surface area (Å²) in [5, 5.41) is 0. The summed E-state index contributed by atoms with van der Waals surface area (Å²) in [7, 11) is 2.50. The van der Waals surface area contributed by atoms with Crippen molar-refractivity contribution < 1.29 is 19.1 Å². The summed E-state index contributed by atoms with van der Waals surface area (Å²) >= 11 is 0. The van der Waals surface area contributed by atoms with Crippen molar-refractivity contribution in [1.82, 2.24) is 0 Å². The fourth-order valence-corrected chi connectivity index (χ4v) is 2.31. The summed E-state index contributed by atoms with van der Waals surface area (Å²) in [5.41, 5.74) is -1.68. The highest BCUT2D eigenvalue weighted by Gasteiger charge is 2.57. The first-order valence-electron chi connectivity index (χ1n) is 6.24. The zero-order valence-electron chi connectivity index (χ0n) is 12.3. The smallest absolute Gasteiger partial charge is 0.324 e. The second-order valence-corrected chi connectivity index (χ2v) is 4.88. The van der Waals surface area contributed by atoms with Crippen LogP contribution in [0.15, 0.2) is 43.0 Å². The maximum absolute atomic E-state index is 12.2. The molecule has 0 aliphatic carbocycles. The number of ether oxygens (including phenoxy) is 2. The first-order valence-corrected chi connectivity index (χ1v) is 6.24. The molecule has 20 heavy (non-hydrogen) atoms. The van der Waals surface area contributed by atoms with Crippen LogP contribution in [0.3, 0.4) is 0 Å². The van der Waals surface area contributed by atoms with E-state index in [9.17, 15) is 9.59 Å². The van der Waals surface area contributed by atoms with E-state index in [2.05, 4.69) is 6.58 Å². The topological polar surface area (TPSA) is 52.6 Å². The van der Waals surface area contributed by atoms with Crippen LogP contribution in [-0.2, 0) is 24.5 Å². The Morgan fingerprint density at radius 2 is 1.50 bits per heavy atom. The zero-order valence-corrected chi connectivity index (χ0v) is 12.3. The van der Waals surface area contributed by atoms with Crippen molar-refractivity contribution in [2.75, 3.05) is 14.2 Å². The van der Waals surface area contributed by atoms with Crippen molar-refractivity contribution in [3.63, 3.8) is 0 Å². The van der Waals surface area contributed by atoms with E-state index in [1.54, 1.807) is 13.0 Å². The Bertz CT molecular complexity index is 490. The number of rotatable bonds is 5. The summed E-state index contributed by atoms with van der Waals surface area (Å²) in [6, 6.07) is 9.22. The van der Waals surface area contributed by atoms with Gasteiger partial charge in [0, 0.05) is 5.41 Å². The third-order valence-corrected chi connectivity index (χ3v) is 4.01. The highest BCUT2D eigenvalue weighted by atomic mass is 16.5. The number of allylic oxidation sites excluding steroid dienone is 1. The van der Waals surface area contributed by atoms with Gasteiger partial charge < -0.3 is 9.47 Å². The quantitative estimate of drug-likeness (QED) is 0.471. The number of benzene rings is 1. The fraction of sp³-hybridized carbons (Fsp3) is 0.375. The highest BCUT2D eigenvalue weighted by Crippen LogP contribution is 2.44. The van der Waals surface area contributed by atoms with Gasteiger partial charge in [0.15, 0.2) is 5.41 Å². The fourth-order valence-electron chi connectivity index (χ4n) is 2.31. The number of methoxy groups -OCH3 is 2. The molecule has 0 spiro atoms. The Hall–Kier alpha value is -2.10. The molecule has 0 aromatic heterocycles. The van der Waals surface area contributed by atoms with E-state index in [0.717, 1.165) is 5.56 Å². The molecule has 0 amide bonds. The molecular formula is C16H20O4. The van der Waals surface area contributed by atoms with E-state index >= 15 is 0 Å². The average Bonchev–Trinajstić information content (AvgIpc) is 2.52. The Kier molecular flexibility index (Phi) is 4.71. The molecule has 0 fully saturated rings. The van der Waals surface area contributed by atoms with Gasteiger partial charge in [0.25, 0.3) is 0 Å². The molecule has 4 nitrogen and oxygen atoms in total. The number of carbonyl (C=O) groups excluding carboxylic acids is 2. The Morgan fingerprint density at radius 3 is 1.85 bits per heavy atom. The molecule has 1 aromatic carbocycles. The molecule has 0 bridgehead atoms. The molecule has 0 saturated carbocycles. The van der Waals surface area contributed by atoms with Gasteiger partial charge in [-0.1, -0.05) is 43.3 Å². The molecule has 4 heteroatoms. The van der Waals surface area contributed by atoms with Gasteiger partial charge in [-0.25, -0.2) is 0 Å². The standard InChI is InChI=1S/C16H20O4/c1-6-15(2,12-10-8-7-9-11-12)16(3,13(17)19-4)14(18)20-5/h6-11H,1H2,2-5H3/t15-/m1/s1. The van der Waals surface area contributed by atoms with Gasteiger partial charge in [0.2, 0.25) is 0 Å². The third-order valence-electron chi connectivity index (χ3n) is 4.01. The maximum atomic E-state index is 12.2. The molecule has 0 saturated heterocycles. The van der Waals surface area contributed by atoms with Gasteiger partial charge in [-0.05, 0) is 12.5 Å². The molecule has 0 heterocycles. The van der Waals surface area contributed by atoms with Crippen molar-refractivity contribution in [3.05, 3.63) is 48.6 Å². The largest absolute Gasteiger partial charge is 0.468 e. The van der Waals surface area contributed by atoms with Crippen LogP contribution in [0, 0.1) is 5.41 Å². The molecule has 1 atom stereocenters. The molecule has 108 valence electrons. The lowest BCUT2D eigenvalue weighted by Crippen LogP contribution is -2.52. The minimum atomic E-state index is -1.51. The van der Waals surface area contributed by atoms with E-state index in [0.29, 0.717) is 0 Å². The van der Waals surface area contributed by atoms with Crippen molar-refractivity contribution in [1.29, 1.82) is 0 Å². The predicted molar refractivity (Wildman–Crippen MR) is 76.1 cm³/mol. The second-order valence-electron chi connectivity index (χ2n) is 4.88. The van der Waals surface area contributed by atoms with E-state index in [-0.39, 0.29) is 0 Å². The molecule has 0 aliphatic heterocycles. The number of esters is 2. The molecule has 1 aromatic rings. The Balaban J connectivity index is 3.55. The SMILES string of the molecule is C=C[C@](C)(c1ccccc1)C(C)(C(=O)OC)C(=O)OC. The van der Waals surface area contributed by atoms with Gasteiger partial charge in [-0.15, -0.1) is 6.58 Å². The van der Waals surface area contributed by atoms with E-state index in [1.165, 1.54) is 21.1 Å². The predicted octanol–water partition coefficient (Wildman–Crippen LogP) is 2.48. The summed E-state index contributed by atoms with van der Waals surface area (Å²) in [6.07, 6.45) is 1.58. The van der Waals surface area contributed by atoms with Crippen LogP contribution in [-0.4, -0.2) is 26.2 Å². The maximum Gasteiger partial charge on any atom is 0.324 e. The lowest BCUT2D eigenvalue weighted by atomic mass is 9.61. The summed E-state index contributed by atoms with van der Waals surface area (Å²) in [6.45, 7) is 7.07. The van der Waals surface area contributed by atoms with Crippen LogP contribution in [0.4, 0.5) is 0 Å². The van der Waals surface area contributed by atoms with Crippen LogP contribution in [0.2, 0.25) is 0 Å². The number of carbonyl (C=O) groups is 2. The van der Waals surface area contributed by atoms with Gasteiger partial charge in [0.05, 0.1) is 14.2 Å². The minimum Gasteiger partial charge on any atom is -0.468 e. The molecule has 1 rings (SSSR count). The van der Waals surface area contributed by atoms with Gasteiger partial charge in [-0.2, -0.15) is 0 Å². The monoisotopic (exact) mass is 276 g/mol. The minimum absolute atomic E-state index is 0.657. The van der Waals surface area contributed by atoms with Gasteiger partial charge in [0.1, 0.15) is 0 Å². The van der Waals surface area contributed by atoms with Crippen LogP contribution < -0.4 is 0 Å². The Morgan fingerprint density at radius 1 is 1.05 bits per heavy atom. The highest BCUT2D eigenvalue weighted by molar-refractivity contribution is 6.02. The van der Waals surface area contributed by atoms with Crippen LogP contribution >= 0.6 is 0 Å². The molecule has 0 N–H and O–H groups in total. The molecule has 0 aliphatic rings. The molecule has 0 unspecified atom stereocenters. The van der Waals surface area contributed by atoms with E-state index in [4.69, 9.17) is 9.47 Å². The van der Waals surface area contributed by atoms with Crippen molar-refractivity contribution in [3.8, 4) is 0 Å². The van der Waals surface area contributed by atoms with Crippen LogP contribution in [0.1, 0.15) is 19.4 Å². The average molecular weight is 276 g/mol. The summed E-state index contributed by atoms with van der Waals surface area (Å²) in [5.74, 6) is -1.31. The van der Waals surface area contributed by atoms with Crippen LogP contribution in [0.5, 0.6) is 0 Å². The zero-order chi connectivity index (χ0) is 15.4. The summed E-state index contributed by atoms with van der Waals surface area (Å²) < 4.78 is 9.64. The lowest BCUT2D eigenvalue weighted by Gasteiger charge is -2.40. The lowest BCUT2D eigenvalue weighted by molar-refractivity contribution is -0.171. The van der Waals surface area contributed by atoms with Crippen molar-refractivity contribution >= 4 is 11.9 Å². The van der Waals surface area contributed by atoms with Crippen LogP contribution in [0.25, 0.3) is 0 Å². The van der Waals surface area contributed by atoms with E-state index in [1.807, 2.05) is 30.3 Å². The van der Waals surface area contributed by atoms with Gasteiger partial charge in [-0.3, -0.25) is 9.59 Å². The molecule has 0 radical (unpaired) electrons.